The van der Waals surface area contributed by atoms with Crippen LogP contribution in [0.15, 0.2) is 0 Å². The zero-order chi connectivity index (χ0) is 11.4. The molecule has 1 rings (SSSR count). The number of carbonyl (C=O) groups excluding carboxylic acids is 1. The van der Waals surface area contributed by atoms with Gasteiger partial charge in [-0.1, -0.05) is 20.3 Å². The van der Waals surface area contributed by atoms with Crippen LogP contribution in [0.2, 0.25) is 0 Å². The van der Waals surface area contributed by atoms with Gasteiger partial charge in [-0.05, 0) is 26.2 Å². The lowest BCUT2D eigenvalue weighted by Crippen LogP contribution is -2.10. The normalized spacial score (nSPS) is 12.8. The van der Waals surface area contributed by atoms with Crippen LogP contribution in [-0.4, -0.2) is 16.1 Å². The average molecular weight is 208 g/mol. The fraction of sp³-hybridized carbons (Fsp3) is 0.667. The summed E-state index contributed by atoms with van der Waals surface area (Å²) in [6, 6.07) is 0. The van der Waals surface area contributed by atoms with Gasteiger partial charge in [0.1, 0.15) is 0 Å². The highest BCUT2D eigenvalue weighted by atomic mass is 16.1. The van der Waals surface area contributed by atoms with Gasteiger partial charge in [0.2, 0.25) is 0 Å². The minimum atomic E-state index is 0.618. The van der Waals surface area contributed by atoms with Gasteiger partial charge in [0.25, 0.3) is 0 Å². The first-order valence-corrected chi connectivity index (χ1v) is 5.59. The Morgan fingerprint density at radius 2 is 2.13 bits per heavy atom. The third-order valence-electron chi connectivity index (χ3n) is 2.82. The molecular formula is C12H20N2O. The zero-order valence-electron chi connectivity index (χ0n) is 10.1. The van der Waals surface area contributed by atoms with Crippen molar-refractivity contribution in [1.82, 2.24) is 9.78 Å². The number of carbonyl (C=O) groups is 1. The summed E-state index contributed by atoms with van der Waals surface area (Å²) in [5.74, 6) is 0.618. The topological polar surface area (TPSA) is 34.9 Å². The van der Waals surface area contributed by atoms with Crippen molar-refractivity contribution < 1.29 is 4.79 Å². The summed E-state index contributed by atoms with van der Waals surface area (Å²) in [6.07, 6.45) is 3.30. The number of aryl methyl sites for hydroxylation is 1. The highest BCUT2D eigenvalue weighted by Crippen LogP contribution is 2.14. The number of aromatic nitrogens is 2. The van der Waals surface area contributed by atoms with E-state index < -0.39 is 0 Å². The Hall–Kier alpha value is -1.12. The van der Waals surface area contributed by atoms with Gasteiger partial charge < -0.3 is 0 Å². The Labute approximate surface area is 91.5 Å². The summed E-state index contributed by atoms with van der Waals surface area (Å²) >= 11 is 0. The second kappa shape index (κ2) is 5.10. The van der Waals surface area contributed by atoms with Crippen molar-refractivity contribution in [3.63, 3.8) is 0 Å². The van der Waals surface area contributed by atoms with E-state index in [1.165, 1.54) is 12.8 Å². The van der Waals surface area contributed by atoms with Crippen molar-refractivity contribution in [2.75, 3.05) is 0 Å². The Morgan fingerprint density at radius 1 is 1.47 bits per heavy atom. The monoisotopic (exact) mass is 208 g/mol. The van der Waals surface area contributed by atoms with Gasteiger partial charge in [-0.2, -0.15) is 5.10 Å². The standard InChI is InChI=1S/C12H20N2O/c1-5-6-9(2)7-14-11(4)12(8-15)10(3)13-14/h8-9H,5-7H2,1-4H3. The van der Waals surface area contributed by atoms with Crippen LogP contribution in [-0.2, 0) is 6.54 Å². The van der Waals surface area contributed by atoms with Gasteiger partial charge in [0.05, 0.1) is 11.3 Å². The zero-order valence-corrected chi connectivity index (χ0v) is 10.1. The van der Waals surface area contributed by atoms with E-state index in [1.54, 1.807) is 0 Å². The SMILES string of the molecule is CCCC(C)Cn1nc(C)c(C=O)c1C. The average Bonchev–Trinajstić information content (AvgIpc) is 2.42. The summed E-state index contributed by atoms with van der Waals surface area (Å²) in [4.78, 5) is 10.8. The Balaban J connectivity index is 2.82. The quantitative estimate of drug-likeness (QED) is 0.697. The largest absolute Gasteiger partial charge is 0.298 e. The first kappa shape index (κ1) is 12.0. The van der Waals surface area contributed by atoms with E-state index in [0.717, 1.165) is 29.8 Å². The van der Waals surface area contributed by atoms with Crippen LogP contribution in [0.1, 0.15) is 48.4 Å². The minimum Gasteiger partial charge on any atom is -0.298 e. The summed E-state index contributed by atoms with van der Waals surface area (Å²) in [7, 11) is 0. The van der Waals surface area contributed by atoms with Crippen LogP contribution in [0.4, 0.5) is 0 Å². The Bertz CT molecular complexity index is 342. The lowest BCUT2D eigenvalue weighted by atomic mass is 10.1. The van der Waals surface area contributed by atoms with E-state index in [0.29, 0.717) is 5.92 Å². The van der Waals surface area contributed by atoms with Crippen molar-refractivity contribution in [2.24, 2.45) is 5.92 Å². The molecule has 0 radical (unpaired) electrons. The van der Waals surface area contributed by atoms with Gasteiger partial charge >= 0.3 is 0 Å². The summed E-state index contributed by atoms with van der Waals surface area (Å²) in [5.41, 5.74) is 2.58. The predicted octanol–water partition coefficient (Wildman–Crippen LogP) is 2.75. The number of rotatable bonds is 5. The Morgan fingerprint density at radius 3 is 2.60 bits per heavy atom. The highest BCUT2D eigenvalue weighted by molar-refractivity contribution is 5.77. The van der Waals surface area contributed by atoms with Gasteiger partial charge in [-0.3, -0.25) is 9.48 Å². The maximum absolute atomic E-state index is 10.8. The molecule has 0 aliphatic rings. The van der Waals surface area contributed by atoms with Crippen molar-refractivity contribution in [1.29, 1.82) is 0 Å². The van der Waals surface area contributed by atoms with E-state index in [1.807, 2.05) is 18.5 Å². The third-order valence-corrected chi connectivity index (χ3v) is 2.82. The van der Waals surface area contributed by atoms with Gasteiger partial charge in [-0.25, -0.2) is 0 Å². The molecule has 15 heavy (non-hydrogen) atoms. The first-order chi connectivity index (χ1) is 7.10. The predicted molar refractivity (Wildman–Crippen MR) is 61.2 cm³/mol. The summed E-state index contributed by atoms with van der Waals surface area (Å²) in [5, 5.41) is 4.39. The van der Waals surface area contributed by atoms with Crippen molar-refractivity contribution >= 4 is 6.29 Å². The lowest BCUT2D eigenvalue weighted by molar-refractivity contribution is 0.112. The van der Waals surface area contributed by atoms with E-state index in [9.17, 15) is 4.79 Å². The molecule has 0 aliphatic heterocycles. The van der Waals surface area contributed by atoms with Crippen LogP contribution in [0.3, 0.4) is 0 Å². The van der Waals surface area contributed by atoms with Crippen molar-refractivity contribution in [3.8, 4) is 0 Å². The van der Waals surface area contributed by atoms with E-state index >= 15 is 0 Å². The second-order valence-corrected chi connectivity index (χ2v) is 4.28. The molecule has 1 aromatic heterocycles. The molecule has 1 atom stereocenters. The molecule has 3 nitrogen and oxygen atoms in total. The van der Waals surface area contributed by atoms with Gasteiger partial charge in [0, 0.05) is 12.2 Å². The van der Waals surface area contributed by atoms with Crippen molar-refractivity contribution in [2.45, 2.75) is 47.1 Å². The third kappa shape index (κ3) is 2.67. The lowest BCUT2D eigenvalue weighted by Gasteiger charge is -2.11. The number of nitrogens with zero attached hydrogens (tertiary/aromatic N) is 2. The minimum absolute atomic E-state index is 0.618. The molecular weight excluding hydrogens is 188 g/mol. The first-order valence-electron chi connectivity index (χ1n) is 5.59. The van der Waals surface area contributed by atoms with Crippen molar-refractivity contribution in [3.05, 3.63) is 17.0 Å². The molecule has 0 aliphatic carbocycles. The van der Waals surface area contributed by atoms with Crippen LogP contribution in [0.25, 0.3) is 0 Å². The summed E-state index contributed by atoms with van der Waals surface area (Å²) in [6.45, 7) is 9.17. The second-order valence-electron chi connectivity index (χ2n) is 4.28. The molecule has 0 saturated carbocycles. The number of aldehydes is 1. The fourth-order valence-corrected chi connectivity index (χ4v) is 1.94. The molecule has 0 bridgehead atoms. The maximum atomic E-state index is 10.8. The molecule has 0 saturated heterocycles. The van der Waals surface area contributed by atoms with Crippen LogP contribution < -0.4 is 0 Å². The van der Waals surface area contributed by atoms with E-state index in [-0.39, 0.29) is 0 Å². The molecule has 0 amide bonds. The summed E-state index contributed by atoms with van der Waals surface area (Å²) < 4.78 is 1.96. The number of hydrogen-bond donors (Lipinski definition) is 0. The molecule has 1 unspecified atom stereocenters. The van der Waals surface area contributed by atoms with Gasteiger partial charge in [0.15, 0.2) is 6.29 Å². The molecule has 0 spiro atoms. The van der Waals surface area contributed by atoms with Crippen LogP contribution in [0, 0.1) is 19.8 Å². The molecule has 0 fully saturated rings. The van der Waals surface area contributed by atoms with Crippen LogP contribution >= 0.6 is 0 Å². The number of hydrogen-bond acceptors (Lipinski definition) is 2. The molecule has 0 N–H and O–H groups in total. The molecule has 1 heterocycles. The molecule has 3 heteroatoms. The Kier molecular flexibility index (Phi) is 4.06. The van der Waals surface area contributed by atoms with Gasteiger partial charge in [-0.15, -0.1) is 0 Å². The smallest absolute Gasteiger partial charge is 0.153 e. The maximum Gasteiger partial charge on any atom is 0.153 e. The molecule has 0 aromatic carbocycles. The highest BCUT2D eigenvalue weighted by Gasteiger charge is 2.12. The van der Waals surface area contributed by atoms with Crippen LogP contribution in [0.5, 0.6) is 0 Å². The van der Waals surface area contributed by atoms with E-state index in [4.69, 9.17) is 0 Å². The molecule has 1 aromatic rings. The fourth-order valence-electron chi connectivity index (χ4n) is 1.94. The molecule has 84 valence electrons. The van der Waals surface area contributed by atoms with E-state index in [2.05, 4.69) is 18.9 Å².